The van der Waals surface area contributed by atoms with Gasteiger partial charge in [-0.1, -0.05) is 49.7 Å². The smallest absolute Gasteiger partial charge is 0.319 e. The molecule has 3 rings (SSSR count). The van der Waals surface area contributed by atoms with Crippen molar-refractivity contribution in [1.29, 1.82) is 0 Å². The van der Waals surface area contributed by atoms with Crippen molar-refractivity contribution >= 4 is 28.5 Å². The molecule has 0 fully saturated rings. The van der Waals surface area contributed by atoms with Gasteiger partial charge in [0.1, 0.15) is 6.04 Å². The van der Waals surface area contributed by atoms with Gasteiger partial charge in [0.25, 0.3) is 0 Å². The molecule has 1 aromatic heterocycles. The summed E-state index contributed by atoms with van der Waals surface area (Å²) >= 11 is 0. The Morgan fingerprint density at radius 3 is 2.43 bits per heavy atom. The number of carbonyl (C=O) groups is 2. The van der Waals surface area contributed by atoms with E-state index in [1.807, 2.05) is 68.6 Å². The highest BCUT2D eigenvalue weighted by Crippen LogP contribution is 2.19. The van der Waals surface area contributed by atoms with Crippen LogP contribution in [0.5, 0.6) is 0 Å². The fourth-order valence-corrected chi connectivity index (χ4v) is 4.27. The van der Waals surface area contributed by atoms with Gasteiger partial charge in [-0.25, -0.2) is 4.79 Å². The molecule has 7 nitrogen and oxygen atoms in total. The molecule has 0 saturated carbocycles. The number of H-pyrrole nitrogens is 1. The van der Waals surface area contributed by atoms with Crippen molar-refractivity contribution in [2.75, 3.05) is 25.0 Å². The number of anilines is 1. The summed E-state index contributed by atoms with van der Waals surface area (Å²) < 4.78 is 0. The number of amides is 3. The van der Waals surface area contributed by atoms with Gasteiger partial charge in [0, 0.05) is 35.2 Å². The first-order valence-electron chi connectivity index (χ1n) is 12.6. The van der Waals surface area contributed by atoms with Crippen LogP contribution in [0.25, 0.3) is 10.9 Å². The molecule has 188 valence electrons. The number of fused-ring (bicyclic) bond motifs is 1. The van der Waals surface area contributed by atoms with E-state index in [9.17, 15) is 9.59 Å². The molecular weight excluding hydrogens is 438 g/mol. The average molecular weight is 478 g/mol. The molecule has 0 aliphatic carbocycles. The minimum atomic E-state index is -0.704. The lowest BCUT2D eigenvalue weighted by Crippen LogP contribution is -2.51. The molecule has 4 N–H and O–H groups in total. The summed E-state index contributed by atoms with van der Waals surface area (Å²) in [5.74, 6) is -0.176. The van der Waals surface area contributed by atoms with Crippen LogP contribution in [-0.4, -0.2) is 53.5 Å². The summed E-state index contributed by atoms with van der Waals surface area (Å²) in [5, 5.41) is 9.91. The quantitative estimate of drug-likeness (QED) is 0.301. The number of carbonyl (C=O) groups excluding carboxylic acids is 2. The Morgan fingerprint density at radius 1 is 1.00 bits per heavy atom. The van der Waals surface area contributed by atoms with Gasteiger partial charge in [-0.15, -0.1) is 0 Å². The van der Waals surface area contributed by atoms with E-state index in [4.69, 9.17) is 0 Å². The zero-order valence-electron chi connectivity index (χ0n) is 21.4. The maximum Gasteiger partial charge on any atom is 0.319 e. The molecule has 0 bridgehead atoms. The van der Waals surface area contributed by atoms with E-state index in [-0.39, 0.29) is 11.9 Å². The van der Waals surface area contributed by atoms with Crippen LogP contribution in [-0.2, 0) is 11.2 Å². The van der Waals surface area contributed by atoms with Gasteiger partial charge in [-0.3, -0.25) is 4.79 Å². The van der Waals surface area contributed by atoms with Gasteiger partial charge in [0.15, 0.2) is 0 Å². The second-order valence-corrected chi connectivity index (χ2v) is 9.16. The van der Waals surface area contributed by atoms with Gasteiger partial charge in [-0.05, 0) is 70.1 Å². The van der Waals surface area contributed by atoms with E-state index in [2.05, 4.69) is 39.7 Å². The Hall–Kier alpha value is -3.32. The van der Waals surface area contributed by atoms with Gasteiger partial charge in [0.2, 0.25) is 5.91 Å². The first kappa shape index (κ1) is 26.3. The lowest BCUT2D eigenvalue weighted by Gasteiger charge is -2.23. The summed E-state index contributed by atoms with van der Waals surface area (Å²) in [7, 11) is 0. The van der Waals surface area contributed by atoms with Crippen molar-refractivity contribution in [3.8, 4) is 0 Å². The molecule has 2 unspecified atom stereocenters. The third-order valence-corrected chi connectivity index (χ3v) is 6.42. The van der Waals surface area contributed by atoms with Crippen LogP contribution in [0.3, 0.4) is 0 Å². The van der Waals surface area contributed by atoms with E-state index in [0.29, 0.717) is 12.1 Å². The molecule has 2 aromatic carbocycles. The Kier molecular flexibility index (Phi) is 9.73. The molecule has 0 radical (unpaired) electrons. The Morgan fingerprint density at radius 2 is 1.71 bits per heavy atom. The fourth-order valence-electron chi connectivity index (χ4n) is 4.27. The van der Waals surface area contributed by atoms with E-state index in [0.717, 1.165) is 54.5 Å². The summed E-state index contributed by atoms with van der Waals surface area (Å²) in [4.78, 5) is 31.7. The zero-order chi connectivity index (χ0) is 25.2. The monoisotopic (exact) mass is 477 g/mol. The molecular formula is C28H39N5O2. The van der Waals surface area contributed by atoms with Crippen molar-refractivity contribution in [3.05, 3.63) is 65.9 Å². The third kappa shape index (κ3) is 7.86. The van der Waals surface area contributed by atoms with E-state index >= 15 is 0 Å². The summed E-state index contributed by atoms with van der Waals surface area (Å²) in [6, 6.07) is 14.5. The normalized spacial score (nSPS) is 12.9. The Balaban J connectivity index is 1.66. The van der Waals surface area contributed by atoms with Crippen LogP contribution < -0.4 is 16.0 Å². The molecule has 3 amide bonds. The third-order valence-electron chi connectivity index (χ3n) is 6.42. The largest absolute Gasteiger partial charge is 0.361 e. The van der Waals surface area contributed by atoms with Crippen molar-refractivity contribution in [2.24, 2.45) is 0 Å². The number of urea groups is 1. The summed E-state index contributed by atoms with van der Waals surface area (Å²) in [5.41, 5.74) is 3.80. The number of aromatic nitrogens is 1. The molecule has 0 saturated heterocycles. The molecule has 3 aromatic rings. The molecule has 0 aliphatic rings. The number of aromatic amines is 1. The van der Waals surface area contributed by atoms with Gasteiger partial charge >= 0.3 is 6.03 Å². The zero-order valence-corrected chi connectivity index (χ0v) is 21.4. The molecule has 0 spiro atoms. The number of benzene rings is 2. The summed E-state index contributed by atoms with van der Waals surface area (Å²) in [6.45, 7) is 11.4. The number of hydrogen-bond donors (Lipinski definition) is 4. The highest BCUT2D eigenvalue weighted by Gasteiger charge is 2.24. The number of nitrogens with zero attached hydrogens (tertiary/aromatic N) is 1. The Bertz CT molecular complexity index is 1090. The predicted octanol–water partition coefficient (Wildman–Crippen LogP) is 4.84. The van der Waals surface area contributed by atoms with Crippen molar-refractivity contribution in [3.63, 3.8) is 0 Å². The predicted molar refractivity (Wildman–Crippen MR) is 144 cm³/mol. The molecule has 1 heterocycles. The minimum Gasteiger partial charge on any atom is -0.361 e. The first-order valence-corrected chi connectivity index (χ1v) is 12.6. The Labute approximate surface area is 208 Å². The van der Waals surface area contributed by atoms with Crippen molar-refractivity contribution < 1.29 is 9.59 Å². The highest BCUT2D eigenvalue weighted by atomic mass is 16.2. The van der Waals surface area contributed by atoms with Gasteiger partial charge < -0.3 is 25.8 Å². The summed E-state index contributed by atoms with van der Waals surface area (Å²) in [6.07, 6.45) is 4.20. The SMILES string of the molecule is CCN(CC)CCCC(C)NC(=O)C(Cc1c[nH]c2ccccc12)NC(=O)Nc1ccc(C)cc1. The molecule has 35 heavy (non-hydrogen) atoms. The highest BCUT2D eigenvalue weighted by molar-refractivity contribution is 5.94. The minimum absolute atomic E-state index is 0.0190. The van der Waals surface area contributed by atoms with Crippen LogP contribution in [0.2, 0.25) is 0 Å². The van der Waals surface area contributed by atoms with Crippen LogP contribution in [0.1, 0.15) is 44.7 Å². The maximum absolute atomic E-state index is 13.3. The lowest BCUT2D eigenvalue weighted by atomic mass is 10.0. The lowest BCUT2D eigenvalue weighted by molar-refractivity contribution is -0.123. The van der Waals surface area contributed by atoms with Crippen LogP contribution in [0.15, 0.2) is 54.7 Å². The fraction of sp³-hybridized carbons (Fsp3) is 0.429. The van der Waals surface area contributed by atoms with Gasteiger partial charge in [0.05, 0.1) is 0 Å². The number of hydrogen-bond acceptors (Lipinski definition) is 3. The standard InChI is InChI=1S/C28H39N5O2/c1-5-33(6-2)17-9-10-21(4)30-27(34)26(18-22-19-29-25-12-8-7-11-24(22)25)32-28(35)31-23-15-13-20(3)14-16-23/h7-8,11-16,19,21,26,29H,5-6,9-10,17-18H2,1-4H3,(H,30,34)(H2,31,32,35). The van der Waals surface area contributed by atoms with Crippen LogP contribution in [0, 0.1) is 6.92 Å². The molecule has 7 heteroatoms. The second kappa shape index (κ2) is 13.0. The van der Waals surface area contributed by atoms with Crippen LogP contribution in [0.4, 0.5) is 10.5 Å². The van der Waals surface area contributed by atoms with Gasteiger partial charge in [-0.2, -0.15) is 0 Å². The number of para-hydroxylation sites is 1. The van der Waals surface area contributed by atoms with Crippen LogP contribution >= 0.6 is 0 Å². The van der Waals surface area contributed by atoms with E-state index in [1.54, 1.807) is 0 Å². The number of nitrogens with one attached hydrogen (secondary N) is 4. The van der Waals surface area contributed by atoms with E-state index in [1.165, 1.54) is 0 Å². The average Bonchev–Trinajstić information content (AvgIpc) is 3.25. The first-order chi connectivity index (χ1) is 16.9. The molecule has 2 atom stereocenters. The van der Waals surface area contributed by atoms with Crippen molar-refractivity contribution in [2.45, 2.75) is 59.0 Å². The van der Waals surface area contributed by atoms with Crippen molar-refractivity contribution in [1.82, 2.24) is 20.5 Å². The topological polar surface area (TPSA) is 89.3 Å². The number of rotatable bonds is 12. The maximum atomic E-state index is 13.3. The number of aryl methyl sites for hydroxylation is 1. The second-order valence-electron chi connectivity index (χ2n) is 9.16. The van der Waals surface area contributed by atoms with E-state index < -0.39 is 12.1 Å². The molecule has 0 aliphatic heterocycles.